The monoisotopic (exact) mass is 286 g/mol. The lowest BCUT2D eigenvalue weighted by Gasteiger charge is -2.24. The highest BCUT2D eigenvalue weighted by atomic mass is 19.4. The van der Waals surface area contributed by atoms with E-state index in [9.17, 15) is 13.2 Å². The zero-order chi connectivity index (χ0) is 15.2. The molecule has 0 heterocycles. The van der Waals surface area contributed by atoms with Crippen LogP contribution in [0.3, 0.4) is 0 Å². The van der Waals surface area contributed by atoms with E-state index in [1.165, 1.54) is 24.3 Å². The number of nitrogens with zero attached hydrogens (tertiary/aromatic N) is 1. The molecule has 20 heavy (non-hydrogen) atoms. The maximum atomic E-state index is 12.0. The molecule has 1 N–H and O–H groups in total. The summed E-state index contributed by atoms with van der Waals surface area (Å²) in [5.41, 5.74) is 0.654. The number of rotatable bonds is 6. The zero-order valence-electron chi connectivity index (χ0n) is 11.4. The fourth-order valence-corrected chi connectivity index (χ4v) is 1.60. The maximum absolute atomic E-state index is 12.0. The first-order chi connectivity index (χ1) is 9.22. The molecule has 6 heteroatoms. The van der Waals surface area contributed by atoms with Gasteiger partial charge >= 0.3 is 6.36 Å². The number of ether oxygens (including phenoxy) is 1. The molecule has 0 aliphatic rings. The topological polar surface area (TPSA) is 45.0 Å². The SMILES string of the molecule is CC(C)(CCC#N)CNc1ccc(OC(F)(F)F)cc1. The summed E-state index contributed by atoms with van der Waals surface area (Å²) in [5.74, 6) is -0.244. The second-order valence-electron chi connectivity index (χ2n) is 5.25. The van der Waals surface area contributed by atoms with Crippen LogP contribution in [0, 0.1) is 16.7 Å². The van der Waals surface area contributed by atoms with Gasteiger partial charge in [0, 0.05) is 18.7 Å². The van der Waals surface area contributed by atoms with Crippen LogP contribution >= 0.6 is 0 Å². The molecular weight excluding hydrogens is 269 g/mol. The van der Waals surface area contributed by atoms with E-state index in [4.69, 9.17) is 5.26 Å². The van der Waals surface area contributed by atoms with Crippen LogP contribution in [0.5, 0.6) is 5.75 Å². The molecule has 0 spiro atoms. The minimum Gasteiger partial charge on any atom is -0.406 e. The summed E-state index contributed by atoms with van der Waals surface area (Å²) in [6, 6.07) is 7.68. The Morgan fingerprint density at radius 1 is 1.20 bits per heavy atom. The van der Waals surface area contributed by atoms with Crippen molar-refractivity contribution in [2.45, 2.75) is 33.1 Å². The normalized spacial score (nSPS) is 11.8. The van der Waals surface area contributed by atoms with Gasteiger partial charge in [0.05, 0.1) is 6.07 Å². The number of hydrogen-bond acceptors (Lipinski definition) is 3. The van der Waals surface area contributed by atoms with Gasteiger partial charge in [0.2, 0.25) is 0 Å². The fourth-order valence-electron chi connectivity index (χ4n) is 1.60. The molecule has 0 atom stereocenters. The molecule has 1 aromatic rings. The molecule has 0 bridgehead atoms. The number of nitriles is 1. The molecule has 1 rings (SSSR count). The van der Waals surface area contributed by atoms with Crippen molar-refractivity contribution in [2.75, 3.05) is 11.9 Å². The van der Waals surface area contributed by atoms with Crippen LogP contribution in [-0.4, -0.2) is 12.9 Å². The third-order valence-corrected chi connectivity index (χ3v) is 2.77. The van der Waals surface area contributed by atoms with Crippen molar-refractivity contribution in [2.24, 2.45) is 5.41 Å². The van der Waals surface area contributed by atoms with Crippen molar-refractivity contribution in [3.63, 3.8) is 0 Å². The van der Waals surface area contributed by atoms with Gasteiger partial charge in [-0.2, -0.15) is 5.26 Å². The first-order valence-electron chi connectivity index (χ1n) is 6.18. The average Bonchev–Trinajstić information content (AvgIpc) is 2.34. The summed E-state index contributed by atoms with van der Waals surface area (Å²) < 4.78 is 39.8. The number of hydrogen-bond donors (Lipinski definition) is 1. The first-order valence-corrected chi connectivity index (χ1v) is 6.18. The number of alkyl halides is 3. The molecule has 3 nitrogen and oxygen atoms in total. The van der Waals surface area contributed by atoms with Gasteiger partial charge in [-0.05, 0) is 36.1 Å². The average molecular weight is 286 g/mol. The molecule has 1 aromatic carbocycles. The van der Waals surface area contributed by atoms with Gasteiger partial charge in [-0.3, -0.25) is 0 Å². The number of benzene rings is 1. The Kier molecular flexibility index (Phi) is 5.26. The third-order valence-electron chi connectivity index (χ3n) is 2.77. The molecule has 0 amide bonds. The van der Waals surface area contributed by atoms with Gasteiger partial charge in [-0.15, -0.1) is 13.2 Å². The van der Waals surface area contributed by atoms with E-state index < -0.39 is 6.36 Å². The van der Waals surface area contributed by atoms with Gasteiger partial charge in [0.25, 0.3) is 0 Å². The van der Waals surface area contributed by atoms with Crippen LogP contribution in [0.2, 0.25) is 0 Å². The Morgan fingerprint density at radius 3 is 2.30 bits per heavy atom. The van der Waals surface area contributed by atoms with Crippen LogP contribution in [0.1, 0.15) is 26.7 Å². The van der Waals surface area contributed by atoms with Crippen LogP contribution < -0.4 is 10.1 Å². The smallest absolute Gasteiger partial charge is 0.406 e. The van der Waals surface area contributed by atoms with Crippen molar-refractivity contribution >= 4 is 5.69 Å². The van der Waals surface area contributed by atoms with Crippen molar-refractivity contribution in [3.8, 4) is 11.8 Å². The van der Waals surface area contributed by atoms with Crippen molar-refractivity contribution in [3.05, 3.63) is 24.3 Å². The van der Waals surface area contributed by atoms with Gasteiger partial charge in [0.1, 0.15) is 5.75 Å². The van der Waals surface area contributed by atoms with E-state index in [-0.39, 0.29) is 11.2 Å². The Bertz CT molecular complexity index is 461. The Hall–Kier alpha value is -1.90. The predicted molar refractivity (Wildman–Crippen MR) is 70.2 cm³/mol. The fraction of sp³-hybridized carbons (Fsp3) is 0.500. The second-order valence-corrected chi connectivity index (χ2v) is 5.25. The van der Waals surface area contributed by atoms with E-state index >= 15 is 0 Å². The number of nitrogens with one attached hydrogen (secondary N) is 1. The first kappa shape index (κ1) is 16.2. The second kappa shape index (κ2) is 6.51. The van der Waals surface area contributed by atoms with Gasteiger partial charge in [0.15, 0.2) is 0 Å². The standard InChI is InChI=1S/C14H17F3N2O/c1-13(2,8-3-9-18)10-19-11-4-6-12(7-5-11)20-14(15,16)17/h4-7,19H,3,8,10H2,1-2H3. The molecule has 0 aliphatic carbocycles. The quantitative estimate of drug-likeness (QED) is 0.846. The van der Waals surface area contributed by atoms with E-state index in [0.717, 1.165) is 6.42 Å². The molecule has 0 unspecified atom stereocenters. The third kappa shape index (κ3) is 6.32. The minimum absolute atomic E-state index is 0.0587. The summed E-state index contributed by atoms with van der Waals surface area (Å²) in [4.78, 5) is 0. The summed E-state index contributed by atoms with van der Waals surface area (Å²) in [6.07, 6.45) is -3.44. The molecule has 0 radical (unpaired) electrons. The summed E-state index contributed by atoms with van der Waals surface area (Å²) in [6.45, 7) is 4.69. The number of anilines is 1. The number of halogens is 3. The highest BCUT2D eigenvalue weighted by Gasteiger charge is 2.30. The van der Waals surface area contributed by atoms with Crippen LogP contribution in [-0.2, 0) is 0 Å². The molecule has 0 aromatic heterocycles. The molecular formula is C14H17F3N2O. The van der Waals surface area contributed by atoms with Gasteiger partial charge < -0.3 is 10.1 Å². The predicted octanol–water partition coefficient (Wildman–Crippen LogP) is 4.33. The zero-order valence-corrected chi connectivity index (χ0v) is 11.4. The Labute approximate surface area is 116 Å². The Morgan fingerprint density at radius 2 is 1.80 bits per heavy atom. The molecule has 0 saturated carbocycles. The van der Waals surface area contributed by atoms with Crippen molar-refractivity contribution in [1.29, 1.82) is 5.26 Å². The van der Waals surface area contributed by atoms with E-state index in [1.807, 2.05) is 13.8 Å². The van der Waals surface area contributed by atoms with E-state index in [2.05, 4.69) is 16.1 Å². The summed E-state index contributed by atoms with van der Waals surface area (Å²) in [5, 5.41) is 11.7. The van der Waals surface area contributed by atoms with Crippen molar-refractivity contribution < 1.29 is 17.9 Å². The lowest BCUT2D eigenvalue weighted by atomic mass is 9.88. The molecule has 0 saturated heterocycles. The Balaban J connectivity index is 2.52. The maximum Gasteiger partial charge on any atom is 0.573 e. The summed E-state index contributed by atoms with van der Waals surface area (Å²) in [7, 11) is 0. The van der Waals surface area contributed by atoms with E-state index in [1.54, 1.807) is 0 Å². The van der Waals surface area contributed by atoms with Crippen molar-refractivity contribution in [1.82, 2.24) is 0 Å². The van der Waals surface area contributed by atoms with E-state index in [0.29, 0.717) is 18.7 Å². The molecule has 0 aliphatic heterocycles. The lowest BCUT2D eigenvalue weighted by Crippen LogP contribution is -2.22. The lowest BCUT2D eigenvalue weighted by molar-refractivity contribution is -0.274. The van der Waals surface area contributed by atoms with Crippen LogP contribution in [0.25, 0.3) is 0 Å². The minimum atomic E-state index is -4.67. The van der Waals surface area contributed by atoms with Gasteiger partial charge in [-0.25, -0.2) is 0 Å². The largest absolute Gasteiger partial charge is 0.573 e. The highest BCUT2D eigenvalue weighted by Crippen LogP contribution is 2.26. The van der Waals surface area contributed by atoms with Crippen LogP contribution in [0.15, 0.2) is 24.3 Å². The van der Waals surface area contributed by atoms with Crippen LogP contribution in [0.4, 0.5) is 18.9 Å². The highest BCUT2D eigenvalue weighted by molar-refractivity contribution is 5.46. The van der Waals surface area contributed by atoms with Gasteiger partial charge in [-0.1, -0.05) is 13.8 Å². The molecule has 0 fully saturated rings. The molecule has 110 valence electrons. The summed E-state index contributed by atoms with van der Waals surface area (Å²) >= 11 is 0.